The number of fused-ring (bicyclic) bond motifs is 1. The first-order valence-corrected chi connectivity index (χ1v) is 10.3. The van der Waals surface area contributed by atoms with Crippen molar-refractivity contribution in [3.05, 3.63) is 53.9 Å². The predicted octanol–water partition coefficient (Wildman–Crippen LogP) is 2.55. The number of pyridine rings is 2. The molecular weight excluding hydrogens is 406 g/mol. The van der Waals surface area contributed by atoms with Crippen molar-refractivity contribution in [2.45, 2.75) is 25.3 Å². The number of hydrogen-bond acceptors (Lipinski definition) is 7. The second-order valence-corrected chi connectivity index (χ2v) is 8.28. The maximum Gasteiger partial charge on any atom is 0.269 e. The molecule has 3 heterocycles. The van der Waals surface area contributed by atoms with Gasteiger partial charge in [-0.2, -0.15) is 5.10 Å². The number of nitrogen functional groups attached to an aromatic ring is 1. The maximum atomic E-state index is 12.2. The third kappa shape index (κ3) is 3.52. The van der Waals surface area contributed by atoms with E-state index in [1.54, 1.807) is 18.3 Å². The second kappa shape index (κ2) is 7.31. The smallest absolute Gasteiger partial charge is 0.269 e. The first-order valence-electron chi connectivity index (χ1n) is 10.3. The molecule has 1 saturated carbocycles. The minimum absolute atomic E-state index is 0.00980. The fraction of sp³-hybridized carbons (Fsp3) is 0.217. The number of H-pyrrole nitrogens is 1. The summed E-state index contributed by atoms with van der Waals surface area (Å²) >= 11 is 0. The van der Waals surface area contributed by atoms with E-state index in [0.29, 0.717) is 29.4 Å². The summed E-state index contributed by atoms with van der Waals surface area (Å²) in [5, 5.41) is 7.98. The molecule has 0 aliphatic heterocycles. The van der Waals surface area contributed by atoms with Crippen molar-refractivity contribution in [3.63, 3.8) is 0 Å². The molecule has 5 rings (SSSR count). The van der Waals surface area contributed by atoms with Crippen LogP contribution in [0.5, 0.6) is 5.88 Å². The molecule has 9 heteroatoms. The van der Waals surface area contributed by atoms with Gasteiger partial charge in [0, 0.05) is 17.0 Å². The van der Waals surface area contributed by atoms with Gasteiger partial charge in [-0.15, -0.1) is 0 Å². The summed E-state index contributed by atoms with van der Waals surface area (Å²) < 4.78 is 5.79. The highest BCUT2D eigenvalue weighted by Crippen LogP contribution is 2.38. The number of carbonyl (C=O) groups is 1. The van der Waals surface area contributed by atoms with E-state index in [1.807, 2.05) is 31.2 Å². The molecule has 0 unspecified atom stereocenters. The van der Waals surface area contributed by atoms with Crippen LogP contribution in [-0.4, -0.2) is 38.2 Å². The van der Waals surface area contributed by atoms with Crippen LogP contribution in [0.2, 0.25) is 0 Å². The molecule has 1 amide bonds. The van der Waals surface area contributed by atoms with Gasteiger partial charge in [0.05, 0.1) is 34.3 Å². The summed E-state index contributed by atoms with van der Waals surface area (Å²) in [6.45, 7) is 2.37. The minimum atomic E-state index is -0.714. The van der Waals surface area contributed by atoms with Crippen molar-refractivity contribution in [2.75, 3.05) is 12.3 Å². The zero-order valence-electron chi connectivity index (χ0n) is 17.6. The van der Waals surface area contributed by atoms with Gasteiger partial charge in [-0.3, -0.25) is 9.89 Å². The highest BCUT2D eigenvalue weighted by atomic mass is 16.5. The lowest BCUT2D eigenvalue weighted by molar-refractivity contribution is 0.0996. The highest BCUT2D eigenvalue weighted by Gasteiger charge is 2.39. The molecule has 1 aliphatic rings. The van der Waals surface area contributed by atoms with Gasteiger partial charge in [-0.25, -0.2) is 9.97 Å². The number of primary amides is 1. The number of amides is 1. The number of benzene rings is 1. The van der Waals surface area contributed by atoms with Crippen molar-refractivity contribution in [2.24, 2.45) is 11.5 Å². The molecule has 1 fully saturated rings. The Morgan fingerprint density at radius 3 is 2.75 bits per heavy atom. The molecule has 4 aromatic rings. The molecule has 1 aliphatic carbocycles. The second-order valence-electron chi connectivity index (χ2n) is 8.28. The normalized spacial score (nSPS) is 14.4. The molecule has 0 bridgehead atoms. The highest BCUT2D eigenvalue weighted by molar-refractivity contribution is 6.05. The Hall–Kier alpha value is -3.98. The largest absolute Gasteiger partial charge is 0.476 e. The molecule has 7 N–H and O–H groups in total. The fourth-order valence-electron chi connectivity index (χ4n) is 3.73. The number of anilines is 1. The summed E-state index contributed by atoms with van der Waals surface area (Å²) in [5.74, 6) is -0.276. The Labute approximate surface area is 184 Å². The van der Waals surface area contributed by atoms with E-state index in [0.717, 1.165) is 34.9 Å². The quantitative estimate of drug-likeness (QED) is 0.366. The lowest BCUT2D eigenvalue weighted by Gasteiger charge is -2.15. The van der Waals surface area contributed by atoms with Crippen LogP contribution in [0, 0.1) is 6.92 Å². The number of hydrogen-bond donors (Lipinski definition) is 4. The van der Waals surface area contributed by atoms with Crippen LogP contribution >= 0.6 is 0 Å². The molecule has 9 nitrogen and oxygen atoms in total. The summed E-state index contributed by atoms with van der Waals surface area (Å²) in [7, 11) is 0. The molecule has 3 aromatic heterocycles. The SMILES string of the molecule is Cc1ccc2[nH]ncc2c1-c1cc(-c2cccc(OCC3(N)CC3)n2)nc(C(N)=O)c1N. The maximum absolute atomic E-state index is 12.2. The number of aryl methyl sites for hydroxylation is 1. The minimum Gasteiger partial charge on any atom is -0.476 e. The molecule has 1 aromatic carbocycles. The number of rotatable bonds is 6. The third-order valence-electron chi connectivity index (χ3n) is 5.78. The van der Waals surface area contributed by atoms with Gasteiger partial charge in [-0.05, 0) is 49.1 Å². The molecule has 0 radical (unpaired) electrons. The zero-order chi connectivity index (χ0) is 22.5. The van der Waals surface area contributed by atoms with Crippen LogP contribution in [-0.2, 0) is 0 Å². The van der Waals surface area contributed by atoms with Gasteiger partial charge in [0.2, 0.25) is 5.88 Å². The van der Waals surface area contributed by atoms with Gasteiger partial charge >= 0.3 is 0 Å². The Balaban J connectivity index is 1.64. The van der Waals surface area contributed by atoms with Crippen molar-refractivity contribution in [1.82, 2.24) is 20.2 Å². The first-order chi connectivity index (χ1) is 15.3. The van der Waals surface area contributed by atoms with Crippen LogP contribution in [0.1, 0.15) is 28.9 Å². The van der Waals surface area contributed by atoms with Crippen molar-refractivity contribution in [1.29, 1.82) is 0 Å². The number of nitrogens with one attached hydrogen (secondary N) is 1. The number of aromatic amines is 1. The van der Waals surface area contributed by atoms with Crippen molar-refractivity contribution < 1.29 is 9.53 Å². The van der Waals surface area contributed by atoms with Gasteiger partial charge in [0.15, 0.2) is 5.69 Å². The van der Waals surface area contributed by atoms with E-state index < -0.39 is 5.91 Å². The molecule has 0 atom stereocenters. The molecule has 32 heavy (non-hydrogen) atoms. The number of ether oxygens (including phenoxy) is 1. The van der Waals surface area contributed by atoms with E-state index in [2.05, 4.69) is 20.2 Å². The Morgan fingerprint density at radius 2 is 2.00 bits per heavy atom. The Bertz CT molecular complexity index is 1360. The van der Waals surface area contributed by atoms with Gasteiger partial charge in [0.25, 0.3) is 5.91 Å². The van der Waals surface area contributed by atoms with E-state index >= 15 is 0 Å². The summed E-state index contributed by atoms with van der Waals surface area (Å²) in [6.07, 6.45) is 3.61. The van der Waals surface area contributed by atoms with Crippen molar-refractivity contribution in [3.8, 4) is 28.4 Å². The van der Waals surface area contributed by atoms with E-state index in [9.17, 15) is 4.79 Å². The van der Waals surface area contributed by atoms with Crippen LogP contribution < -0.4 is 21.9 Å². The van der Waals surface area contributed by atoms with E-state index in [1.165, 1.54) is 0 Å². The summed E-state index contributed by atoms with van der Waals surface area (Å²) in [6, 6.07) is 11.1. The molecule has 162 valence electrons. The number of nitrogens with zero attached hydrogens (tertiary/aromatic N) is 3. The number of carbonyl (C=O) groups excluding carboxylic acids is 1. The third-order valence-corrected chi connectivity index (χ3v) is 5.78. The predicted molar refractivity (Wildman–Crippen MR) is 122 cm³/mol. The Kier molecular flexibility index (Phi) is 4.56. The Morgan fingerprint density at radius 1 is 1.19 bits per heavy atom. The van der Waals surface area contributed by atoms with Crippen LogP contribution in [0.15, 0.2) is 42.6 Å². The monoisotopic (exact) mass is 429 g/mol. The van der Waals surface area contributed by atoms with Crippen molar-refractivity contribution >= 4 is 22.5 Å². The lowest BCUT2D eigenvalue weighted by Crippen LogP contribution is -2.29. The zero-order valence-corrected chi connectivity index (χ0v) is 17.6. The molecule has 0 saturated heterocycles. The van der Waals surface area contributed by atoms with Crippen LogP contribution in [0.3, 0.4) is 0 Å². The first kappa shape index (κ1) is 20.0. The average Bonchev–Trinajstić information content (AvgIpc) is 3.32. The van der Waals surface area contributed by atoms with Gasteiger partial charge in [0.1, 0.15) is 6.61 Å². The average molecular weight is 429 g/mol. The summed E-state index contributed by atoms with van der Waals surface area (Å²) in [4.78, 5) is 21.2. The van der Waals surface area contributed by atoms with Crippen LogP contribution in [0.25, 0.3) is 33.4 Å². The van der Waals surface area contributed by atoms with E-state index in [4.69, 9.17) is 21.9 Å². The van der Waals surface area contributed by atoms with Gasteiger partial charge < -0.3 is 21.9 Å². The van der Waals surface area contributed by atoms with Gasteiger partial charge in [-0.1, -0.05) is 12.1 Å². The van der Waals surface area contributed by atoms with E-state index in [-0.39, 0.29) is 16.9 Å². The lowest BCUT2D eigenvalue weighted by atomic mass is 9.94. The number of aromatic nitrogens is 4. The molecular formula is C23H23N7O2. The topological polar surface area (TPSA) is 159 Å². The molecule has 0 spiro atoms. The van der Waals surface area contributed by atoms with Crippen LogP contribution in [0.4, 0.5) is 5.69 Å². The number of nitrogens with two attached hydrogens (primary N) is 3. The summed E-state index contributed by atoms with van der Waals surface area (Å²) in [5.41, 5.74) is 22.4. The standard InChI is InChI=1S/C23H23N7O2/c1-12-5-6-15-14(10-27-30-15)19(12)13-9-17(29-21(20(13)24)22(25)31)16-3-2-4-18(28-16)32-11-23(26)7-8-23/h2-6,9-10H,7-8,11,24,26H2,1H3,(H2,25,31)(H,27,30). The fourth-order valence-corrected chi connectivity index (χ4v) is 3.73.